The van der Waals surface area contributed by atoms with Crippen LogP contribution in [0.2, 0.25) is 0 Å². The average Bonchev–Trinajstić information content (AvgIpc) is 2.67. The predicted molar refractivity (Wildman–Crippen MR) is 94.2 cm³/mol. The van der Waals surface area contributed by atoms with Crippen LogP contribution in [0, 0.1) is 0 Å². The lowest BCUT2D eigenvalue weighted by atomic mass is 10.0. The third-order valence-corrected chi connectivity index (χ3v) is 4.42. The molecule has 0 aliphatic carbocycles. The Kier molecular flexibility index (Phi) is 5.49. The number of piperidine rings is 1. The summed E-state index contributed by atoms with van der Waals surface area (Å²) in [6.07, 6.45) is 2.19. The van der Waals surface area contributed by atoms with Gasteiger partial charge in [0, 0.05) is 13.1 Å². The van der Waals surface area contributed by atoms with E-state index in [0.717, 1.165) is 31.6 Å². The first-order valence-electron chi connectivity index (χ1n) is 8.36. The third-order valence-electron chi connectivity index (χ3n) is 4.42. The van der Waals surface area contributed by atoms with Gasteiger partial charge in [0.15, 0.2) is 0 Å². The summed E-state index contributed by atoms with van der Waals surface area (Å²) in [6, 6.07) is 17.9. The Bertz CT molecular complexity index is 664. The van der Waals surface area contributed by atoms with Crippen LogP contribution < -0.4 is 4.90 Å². The summed E-state index contributed by atoms with van der Waals surface area (Å²) in [5, 5.41) is 0. The molecule has 1 fully saturated rings. The Morgan fingerprint density at radius 3 is 2.42 bits per heavy atom. The molecule has 126 valence electrons. The van der Waals surface area contributed by atoms with Gasteiger partial charge in [-0.25, -0.2) is 4.79 Å². The lowest BCUT2D eigenvalue weighted by molar-refractivity contribution is 0.0251. The van der Waals surface area contributed by atoms with Gasteiger partial charge in [-0.2, -0.15) is 0 Å². The number of carbonyl (C=O) groups is 1. The van der Waals surface area contributed by atoms with Crippen molar-refractivity contribution in [1.82, 2.24) is 0 Å². The second-order valence-corrected chi connectivity index (χ2v) is 5.99. The number of ether oxygens (including phenoxy) is 2. The van der Waals surface area contributed by atoms with Crippen LogP contribution in [0.5, 0.6) is 0 Å². The van der Waals surface area contributed by atoms with E-state index in [1.54, 1.807) is 0 Å². The number of hydrogen-bond acceptors (Lipinski definition) is 4. The Labute approximate surface area is 143 Å². The molecule has 4 nitrogen and oxygen atoms in total. The van der Waals surface area contributed by atoms with Crippen molar-refractivity contribution in [3.8, 4) is 0 Å². The zero-order valence-corrected chi connectivity index (χ0v) is 14.0. The van der Waals surface area contributed by atoms with Crippen LogP contribution in [-0.4, -0.2) is 32.3 Å². The molecule has 0 aromatic heterocycles. The Hall–Kier alpha value is -2.33. The highest BCUT2D eigenvalue weighted by Crippen LogP contribution is 2.26. The van der Waals surface area contributed by atoms with Gasteiger partial charge in [-0.15, -0.1) is 0 Å². The monoisotopic (exact) mass is 325 g/mol. The smallest absolute Gasteiger partial charge is 0.339 e. The van der Waals surface area contributed by atoms with Gasteiger partial charge in [0.05, 0.1) is 31.1 Å². The Morgan fingerprint density at radius 2 is 1.71 bits per heavy atom. The van der Waals surface area contributed by atoms with E-state index in [2.05, 4.69) is 17.0 Å². The van der Waals surface area contributed by atoms with Crippen molar-refractivity contribution >= 4 is 11.7 Å². The van der Waals surface area contributed by atoms with Crippen LogP contribution in [0.25, 0.3) is 0 Å². The van der Waals surface area contributed by atoms with Gasteiger partial charge in [-0.3, -0.25) is 0 Å². The lowest BCUT2D eigenvalue weighted by Crippen LogP contribution is -2.37. The Balaban J connectivity index is 1.57. The average molecular weight is 325 g/mol. The maximum Gasteiger partial charge on any atom is 0.339 e. The van der Waals surface area contributed by atoms with Crippen LogP contribution in [0.3, 0.4) is 0 Å². The maximum atomic E-state index is 11.9. The zero-order chi connectivity index (χ0) is 16.8. The second kappa shape index (κ2) is 7.97. The second-order valence-electron chi connectivity index (χ2n) is 5.99. The number of nitrogens with zero attached hydrogens (tertiary/aromatic N) is 1. The number of rotatable bonds is 5. The van der Waals surface area contributed by atoms with E-state index in [1.165, 1.54) is 12.7 Å². The molecule has 0 radical (unpaired) electrons. The molecule has 0 saturated carbocycles. The van der Waals surface area contributed by atoms with Crippen molar-refractivity contribution in [3.05, 3.63) is 65.7 Å². The molecule has 0 N–H and O–H groups in total. The van der Waals surface area contributed by atoms with Gasteiger partial charge in [-0.05, 0) is 30.5 Å². The van der Waals surface area contributed by atoms with Crippen molar-refractivity contribution in [2.75, 3.05) is 25.1 Å². The SMILES string of the molecule is COC(=O)c1ccccc1N1CCC(OCc2ccccc2)CC1. The molecule has 2 aromatic carbocycles. The number of para-hydroxylation sites is 1. The van der Waals surface area contributed by atoms with Gasteiger partial charge in [0.1, 0.15) is 0 Å². The normalized spacial score (nSPS) is 15.3. The number of anilines is 1. The number of benzene rings is 2. The first kappa shape index (κ1) is 16.5. The van der Waals surface area contributed by atoms with E-state index < -0.39 is 0 Å². The van der Waals surface area contributed by atoms with Crippen molar-refractivity contribution in [1.29, 1.82) is 0 Å². The summed E-state index contributed by atoms with van der Waals surface area (Å²) in [4.78, 5) is 14.2. The van der Waals surface area contributed by atoms with E-state index in [0.29, 0.717) is 12.2 Å². The van der Waals surface area contributed by atoms with Gasteiger partial charge in [-0.1, -0.05) is 42.5 Å². The van der Waals surface area contributed by atoms with E-state index in [4.69, 9.17) is 9.47 Å². The molecule has 3 rings (SSSR count). The van der Waals surface area contributed by atoms with E-state index >= 15 is 0 Å². The largest absolute Gasteiger partial charge is 0.465 e. The fraction of sp³-hybridized carbons (Fsp3) is 0.350. The number of hydrogen-bond donors (Lipinski definition) is 0. The molecule has 0 unspecified atom stereocenters. The standard InChI is InChI=1S/C20H23NO3/c1-23-20(22)18-9-5-6-10-19(18)21-13-11-17(12-14-21)24-15-16-7-3-2-4-8-16/h2-10,17H,11-15H2,1H3. The summed E-state index contributed by atoms with van der Waals surface area (Å²) in [7, 11) is 1.42. The minimum atomic E-state index is -0.284. The maximum absolute atomic E-state index is 11.9. The molecule has 0 bridgehead atoms. The molecule has 0 atom stereocenters. The molecule has 1 saturated heterocycles. The van der Waals surface area contributed by atoms with Gasteiger partial charge in [0.25, 0.3) is 0 Å². The topological polar surface area (TPSA) is 38.8 Å². The fourth-order valence-corrected chi connectivity index (χ4v) is 3.08. The summed E-state index contributed by atoms with van der Waals surface area (Å²) in [5.74, 6) is -0.284. The minimum absolute atomic E-state index is 0.270. The number of carbonyl (C=O) groups excluding carboxylic acids is 1. The molecule has 0 amide bonds. The van der Waals surface area contributed by atoms with Gasteiger partial charge < -0.3 is 14.4 Å². The number of methoxy groups -OCH3 is 1. The van der Waals surface area contributed by atoms with E-state index in [-0.39, 0.29) is 12.1 Å². The molecule has 24 heavy (non-hydrogen) atoms. The first-order chi connectivity index (χ1) is 11.8. The van der Waals surface area contributed by atoms with Crippen molar-refractivity contribution < 1.29 is 14.3 Å². The lowest BCUT2D eigenvalue weighted by Gasteiger charge is -2.34. The summed E-state index contributed by atoms with van der Waals surface area (Å²) in [6.45, 7) is 2.42. The van der Waals surface area contributed by atoms with Crippen LogP contribution >= 0.6 is 0 Å². The highest BCUT2D eigenvalue weighted by Gasteiger charge is 2.23. The summed E-state index contributed by atoms with van der Waals surface area (Å²) < 4.78 is 10.9. The summed E-state index contributed by atoms with van der Waals surface area (Å²) in [5.41, 5.74) is 2.78. The molecule has 1 heterocycles. The number of esters is 1. The molecule has 4 heteroatoms. The van der Waals surface area contributed by atoms with Crippen LogP contribution in [0.1, 0.15) is 28.8 Å². The molecule has 1 aliphatic heterocycles. The van der Waals surface area contributed by atoms with Crippen molar-refractivity contribution in [2.45, 2.75) is 25.6 Å². The third kappa shape index (κ3) is 3.95. The highest BCUT2D eigenvalue weighted by atomic mass is 16.5. The molecular weight excluding hydrogens is 302 g/mol. The fourth-order valence-electron chi connectivity index (χ4n) is 3.08. The molecule has 2 aromatic rings. The minimum Gasteiger partial charge on any atom is -0.465 e. The van der Waals surface area contributed by atoms with E-state index in [1.807, 2.05) is 42.5 Å². The molecule has 0 spiro atoms. The first-order valence-corrected chi connectivity index (χ1v) is 8.36. The Morgan fingerprint density at radius 1 is 1.04 bits per heavy atom. The van der Waals surface area contributed by atoms with Gasteiger partial charge in [0.2, 0.25) is 0 Å². The van der Waals surface area contributed by atoms with Crippen molar-refractivity contribution in [2.24, 2.45) is 0 Å². The van der Waals surface area contributed by atoms with Crippen LogP contribution in [-0.2, 0) is 16.1 Å². The zero-order valence-electron chi connectivity index (χ0n) is 14.0. The molecule has 1 aliphatic rings. The predicted octanol–water partition coefficient (Wildman–Crippen LogP) is 3.66. The van der Waals surface area contributed by atoms with Gasteiger partial charge >= 0.3 is 5.97 Å². The molecular formula is C20H23NO3. The van der Waals surface area contributed by atoms with Crippen LogP contribution in [0.15, 0.2) is 54.6 Å². The quantitative estimate of drug-likeness (QED) is 0.787. The van der Waals surface area contributed by atoms with E-state index in [9.17, 15) is 4.79 Å². The van der Waals surface area contributed by atoms with Crippen molar-refractivity contribution in [3.63, 3.8) is 0 Å². The summed E-state index contributed by atoms with van der Waals surface area (Å²) >= 11 is 0. The van der Waals surface area contributed by atoms with Crippen LogP contribution in [0.4, 0.5) is 5.69 Å². The highest BCUT2D eigenvalue weighted by molar-refractivity contribution is 5.95.